The van der Waals surface area contributed by atoms with Gasteiger partial charge in [-0.15, -0.1) is 0 Å². The largest absolute Gasteiger partial charge is 0.373 e. The lowest BCUT2D eigenvalue weighted by Gasteiger charge is -2.21. The second-order valence-corrected chi connectivity index (χ2v) is 7.20. The number of amides is 1. The fraction of sp³-hybridized carbons (Fsp3) is 0.556. The fourth-order valence-corrected chi connectivity index (χ4v) is 2.87. The van der Waals surface area contributed by atoms with Gasteiger partial charge in [-0.25, -0.2) is 0 Å². The van der Waals surface area contributed by atoms with Crippen molar-refractivity contribution in [2.75, 3.05) is 32.8 Å². The number of nitrogens with one attached hydrogen (secondary N) is 3. The highest BCUT2D eigenvalue weighted by atomic mass is 79.9. The van der Waals surface area contributed by atoms with Gasteiger partial charge in [0.1, 0.15) is 0 Å². The molecule has 1 heterocycles. The number of carbonyl (C=O) groups is 1. The number of benzene rings is 1. The van der Waals surface area contributed by atoms with Crippen LogP contribution in [0.5, 0.6) is 0 Å². The molecular formula is C18H27BrN4O2. The normalized spacial score (nSPS) is 20.4. The van der Waals surface area contributed by atoms with Crippen molar-refractivity contribution >= 4 is 27.8 Å². The highest BCUT2D eigenvalue weighted by Crippen LogP contribution is 2.24. The SMILES string of the molecule is CCNC(=NCC1(C)CCCO1)NCCNC(=O)c1ccc(Br)cc1. The molecule has 1 aromatic carbocycles. The van der Waals surface area contributed by atoms with Crippen LogP contribution in [-0.4, -0.2) is 50.3 Å². The molecule has 7 heteroatoms. The molecule has 138 valence electrons. The van der Waals surface area contributed by atoms with Crippen LogP contribution in [0.1, 0.15) is 37.0 Å². The number of ether oxygens (including phenoxy) is 1. The predicted octanol–water partition coefficient (Wildman–Crippen LogP) is 2.30. The van der Waals surface area contributed by atoms with E-state index >= 15 is 0 Å². The summed E-state index contributed by atoms with van der Waals surface area (Å²) in [4.78, 5) is 16.7. The maximum atomic E-state index is 12.1. The van der Waals surface area contributed by atoms with Crippen LogP contribution >= 0.6 is 15.9 Å². The van der Waals surface area contributed by atoms with Crippen LogP contribution in [0.3, 0.4) is 0 Å². The van der Waals surface area contributed by atoms with E-state index in [0.717, 1.165) is 36.4 Å². The second kappa shape index (κ2) is 9.77. The van der Waals surface area contributed by atoms with Crippen LogP contribution in [0.2, 0.25) is 0 Å². The van der Waals surface area contributed by atoms with Crippen LogP contribution in [0.4, 0.5) is 0 Å². The summed E-state index contributed by atoms with van der Waals surface area (Å²) in [5, 5.41) is 9.35. The number of nitrogens with zero attached hydrogens (tertiary/aromatic N) is 1. The van der Waals surface area contributed by atoms with Gasteiger partial charge < -0.3 is 20.7 Å². The van der Waals surface area contributed by atoms with Crippen molar-refractivity contribution in [2.24, 2.45) is 4.99 Å². The first kappa shape index (κ1) is 19.7. The highest BCUT2D eigenvalue weighted by Gasteiger charge is 2.29. The Labute approximate surface area is 157 Å². The first-order valence-corrected chi connectivity index (χ1v) is 9.51. The topological polar surface area (TPSA) is 74.8 Å². The van der Waals surface area contributed by atoms with Gasteiger partial charge in [-0.05, 0) is 51.0 Å². The van der Waals surface area contributed by atoms with Crippen molar-refractivity contribution in [1.29, 1.82) is 0 Å². The van der Waals surface area contributed by atoms with E-state index in [2.05, 4.69) is 43.8 Å². The predicted molar refractivity (Wildman–Crippen MR) is 104 cm³/mol. The van der Waals surface area contributed by atoms with Crippen molar-refractivity contribution in [2.45, 2.75) is 32.3 Å². The Morgan fingerprint density at radius 2 is 1.96 bits per heavy atom. The van der Waals surface area contributed by atoms with Gasteiger partial charge in [0.05, 0.1) is 12.1 Å². The molecule has 1 amide bonds. The second-order valence-electron chi connectivity index (χ2n) is 6.29. The van der Waals surface area contributed by atoms with Crippen molar-refractivity contribution in [3.63, 3.8) is 0 Å². The summed E-state index contributed by atoms with van der Waals surface area (Å²) in [6.07, 6.45) is 2.14. The molecule has 0 spiro atoms. The quantitative estimate of drug-likeness (QED) is 0.366. The summed E-state index contributed by atoms with van der Waals surface area (Å²) in [5.41, 5.74) is 0.494. The van der Waals surface area contributed by atoms with Gasteiger partial charge in [0.2, 0.25) is 0 Å². The third-order valence-electron chi connectivity index (χ3n) is 4.03. The van der Waals surface area contributed by atoms with Crippen molar-refractivity contribution in [1.82, 2.24) is 16.0 Å². The van der Waals surface area contributed by atoms with Crippen LogP contribution in [-0.2, 0) is 4.74 Å². The fourth-order valence-electron chi connectivity index (χ4n) is 2.61. The number of aliphatic imine (C=N–C) groups is 1. The summed E-state index contributed by atoms with van der Waals surface area (Å²) < 4.78 is 6.72. The number of carbonyl (C=O) groups excluding carboxylic acids is 1. The third-order valence-corrected chi connectivity index (χ3v) is 4.55. The van der Waals surface area contributed by atoms with Crippen molar-refractivity contribution in [3.8, 4) is 0 Å². The number of rotatable bonds is 7. The summed E-state index contributed by atoms with van der Waals surface area (Å²) in [6, 6.07) is 7.30. The molecular weight excluding hydrogens is 384 g/mol. The Morgan fingerprint density at radius 3 is 2.60 bits per heavy atom. The van der Waals surface area contributed by atoms with E-state index in [9.17, 15) is 4.79 Å². The average molecular weight is 411 g/mol. The van der Waals surface area contributed by atoms with E-state index in [1.54, 1.807) is 12.1 Å². The number of hydrogen-bond donors (Lipinski definition) is 3. The maximum Gasteiger partial charge on any atom is 0.251 e. The van der Waals surface area contributed by atoms with Crippen LogP contribution in [0.15, 0.2) is 33.7 Å². The molecule has 2 rings (SSSR count). The van der Waals surface area contributed by atoms with Crippen molar-refractivity contribution < 1.29 is 9.53 Å². The molecule has 0 aliphatic carbocycles. The smallest absolute Gasteiger partial charge is 0.251 e. The Hall–Kier alpha value is -1.60. The first-order chi connectivity index (χ1) is 12.0. The zero-order chi connectivity index (χ0) is 18.1. The Kier molecular flexibility index (Phi) is 7.71. The first-order valence-electron chi connectivity index (χ1n) is 8.72. The van der Waals surface area contributed by atoms with Gasteiger partial charge >= 0.3 is 0 Å². The highest BCUT2D eigenvalue weighted by molar-refractivity contribution is 9.10. The summed E-state index contributed by atoms with van der Waals surface area (Å²) in [6.45, 7) is 7.49. The molecule has 0 radical (unpaired) electrons. The van der Waals surface area contributed by atoms with E-state index < -0.39 is 0 Å². The maximum absolute atomic E-state index is 12.1. The monoisotopic (exact) mass is 410 g/mol. The van der Waals surface area contributed by atoms with E-state index in [4.69, 9.17) is 4.74 Å². The van der Waals surface area contributed by atoms with Crippen LogP contribution < -0.4 is 16.0 Å². The lowest BCUT2D eigenvalue weighted by atomic mass is 10.0. The molecule has 1 atom stereocenters. The Morgan fingerprint density at radius 1 is 1.24 bits per heavy atom. The lowest BCUT2D eigenvalue weighted by molar-refractivity contribution is 0.0283. The van der Waals surface area contributed by atoms with Crippen LogP contribution in [0.25, 0.3) is 0 Å². The van der Waals surface area contributed by atoms with Gasteiger partial charge in [-0.2, -0.15) is 0 Å². The lowest BCUT2D eigenvalue weighted by Crippen LogP contribution is -2.42. The summed E-state index contributed by atoms with van der Waals surface area (Å²) in [7, 11) is 0. The van der Waals surface area contributed by atoms with Gasteiger partial charge in [0.25, 0.3) is 5.91 Å². The molecule has 3 N–H and O–H groups in total. The zero-order valence-corrected chi connectivity index (χ0v) is 16.5. The number of hydrogen-bond acceptors (Lipinski definition) is 3. The number of halogens is 1. The van der Waals surface area contributed by atoms with E-state index in [1.165, 1.54) is 0 Å². The standard InChI is InChI=1S/C18H27BrN4O2/c1-3-20-17(23-13-18(2)9-4-12-25-18)22-11-10-21-16(24)14-5-7-15(19)8-6-14/h5-8H,3-4,9-13H2,1-2H3,(H,21,24)(H2,20,22,23). The molecule has 0 bridgehead atoms. The van der Waals surface area contributed by atoms with Gasteiger partial charge in [-0.1, -0.05) is 15.9 Å². The molecule has 1 aliphatic heterocycles. The molecule has 1 unspecified atom stereocenters. The molecule has 1 fully saturated rings. The molecule has 0 aromatic heterocycles. The van der Waals surface area contributed by atoms with Gasteiger partial charge in [-0.3, -0.25) is 9.79 Å². The van der Waals surface area contributed by atoms with Gasteiger partial charge in [0, 0.05) is 36.3 Å². The molecule has 1 aromatic rings. The van der Waals surface area contributed by atoms with Crippen molar-refractivity contribution in [3.05, 3.63) is 34.3 Å². The van der Waals surface area contributed by atoms with Gasteiger partial charge in [0.15, 0.2) is 5.96 Å². The Balaban J connectivity index is 1.75. The van der Waals surface area contributed by atoms with E-state index in [0.29, 0.717) is 25.2 Å². The summed E-state index contributed by atoms with van der Waals surface area (Å²) in [5.74, 6) is 0.667. The Bertz CT molecular complexity index is 583. The van der Waals surface area contributed by atoms with E-state index in [-0.39, 0.29) is 11.5 Å². The summed E-state index contributed by atoms with van der Waals surface area (Å²) >= 11 is 3.36. The molecule has 6 nitrogen and oxygen atoms in total. The number of guanidine groups is 1. The molecule has 1 saturated heterocycles. The molecule has 25 heavy (non-hydrogen) atoms. The average Bonchev–Trinajstić information content (AvgIpc) is 3.04. The minimum atomic E-state index is -0.155. The zero-order valence-electron chi connectivity index (χ0n) is 14.9. The minimum absolute atomic E-state index is 0.0805. The molecule has 0 saturated carbocycles. The minimum Gasteiger partial charge on any atom is -0.373 e. The van der Waals surface area contributed by atoms with Crippen LogP contribution in [0, 0.1) is 0 Å². The third kappa shape index (κ3) is 6.66. The molecule has 1 aliphatic rings. The van der Waals surface area contributed by atoms with E-state index in [1.807, 2.05) is 19.1 Å².